The molecule has 0 N–H and O–H groups in total. The molecule has 1 aliphatic rings. The number of rotatable bonds is 5. The Labute approximate surface area is 317 Å². The van der Waals surface area contributed by atoms with Crippen LogP contribution in [0.4, 0.5) is 0 Å². The second-order valence-electron chi connectivity index (χ2n) is 14.7. The van der Waals surface area contributed by atoms with Crippen LogP contribution >= 0.6 is 0 Å². The van der Waals surface area contributed by atoms with Crippen LogP contribution in [0.15, 0.2) is 168 Å². The van der Waals surface area contributed by atoms with Gasteiger partial charge in [0.25, 0.3) is 0 Å². The van der Waals surface area contributed by atoms with E-state index < -0.39 is 0 Å². The van der Waals surface area contributed by atoms with Crippen LogP contribution in [-0.2, 0) is 5.41 Å². The molecule has 6 nitrogen and oxygen atoms in total. The summed E-state index contributed by atoms with van der Waals surface area (Å²) in [6.07, 6.45) is 0. The van der Waals surface area contributed by atoms with Gasteiger partial charge in [-0.2, -0.15) is 0 Å². The first-order valence-electron chi connectivity index (χ1n) is 18.6. The zero-order chi connectivity index (χ0) is 36.7. The third-order valence-corrected chi connectivity index (χ3v) is 11.1. The highest BCUT2D eigenvalue weighted by Crippen LogP contribution is 2.51. The molecule has 0 saturated heterocycles. The molecule has 0 bridgehead atoms. The molecule has 1 aliphatic carbocycles. The van der Waals surface area contributed by atoms with Crippen LogP contribution in [0.25, 0.3) is 95.3 Å². The Kier molecular flexibility index (Phi) is 6.79. The van der Waals surface area contributed by atoms with Gasteiger partial charge in [-0.1, -0.05) is 117 Å². The summed E-state index contributed by atoms with van der Waals surface area (Å²) in [5, 5.41) is 2.28. The molecule has 10 aromatic rings. The van der Waals surface area contributed by atoms with Gasteiger partial charge in [-0.15, -0.1) is 0 Å². The van der Waals surface area contributed by atoms with Gasteiger partial charge in [0.1, 0.15) is 5.52 Å². The summed E-state index contributed by atoms with van der Waals surface area (Å²) in [6, 6.07) is 56.6. The Morgan fingerprint density at radius 3 is 1.67 bits per heavy atom. The fourth-order valence-corrected chi connectivity index (χ4v) is 8.34. The lowest BCUT2D eigenvalue weighted by atomic mass is 9.82. The van der Waals surface area contributed by atoms with E-state index in [1.807, 2.05) is 91.0 Å². The molecule has 3 aromatic heterocycles. The quantitative estimate of drug-likeness (QED) is 0.178. The van der Waals surface area contributed by atoms with Gasteiger partial charge in [0.15, 0.2) is 23.1 Å². The minimum atomic E-state index is -0.154. The number of hydrogen-bond acceptors (Lipinski definition) is 5. The molecule has 0 spiro atoms. The molecule has 0 radical (unpaired) electrons. The number of hydrogen-bond donors (Lipinski definition) is 0. The second-order valence-corrected chi connectivity index (χ2v) is 14.7. The van der Waals surface area contributed by atoms with Gasteiger partial charge in [0, 0.05) is 44.1 Å². The third-order valence-electron chi connectivity index (χ3n) is 11.1. The maximum Gasteiger partial charge on any atom is 0.227 e. The van der Waals surface area contributed by atoms with Gasteiger partial charge in [-0.25, -0.2) is 19.9 Å². The number of oxazole rings is 1. The van der Waals surface area contributed by atoms with Crippen molar-refractivity contribution < 1.29 is 4.42 Å². The molecule has 260 valence electrons. The Hall–Kier alpha value is -7.18. The van der Waals surface area contributed by atoms with E-state index in [2.05, 4.69) is 91.2 Å². The molecule has 0 fully saturated rings. The summed E-state index contributed by atoms with van der Waals surface area (Å²) in [5.74, 6) is 2.49. The molecule has 55 heavy (non-hydrogen) atoms. The van der Waals surface area contributed by atoms with Gasteiger partial charge < -0.3 is 8.98 Å². The largest absolute Gasteiger partial charge is 0.434 e. The fraction of sp³-hybridized carbons (Fsp3) is 0.0612. The van der Waals surface area contributed by atoms with E-state index in [1.54, 1.807) is 0 Å². The lowest BCUT2D eigenvalue weighted by Crippen LogP contribution is -2.14. The molecular weight excluding hydrogens is 675 g/mol. The SMILES string of the molecule is CC1(C)c2ccccc2-c2cc3c4ccc5nc(-c6ccccc6)oc5c4n(-c4ccc(-c5nc(-c6ccccc6)nc(-c6ccccc6)n5)cc4)c3cc21. The van der Waals surface area contributed by atoms with Gasteiger partial charge in [0.05, 0.1) is 11.0 Å². The first-order chi connectivity index (χ1) is 27.0. The summed E-state index contributed by atoms with van der Waals surface area (Å²) < 4.78 is 9.04. The van der Waals surface area contributed by atoms with Crippen molar-refractivity contribution in [2.75, 3.05) is 0 Å². The van der Waals surface area contributed by atoms with E-state index in [4.69, 9.17) is 24.4 Å². The van der Waals surface area contributed by atoms with Crippen molar-refractivity contribution >= 4 is 32.9 Å². The van der Waals surface area contributed by atoms with Gasteiger partial charge in [-0.05, 0) is 82.9 Å². The lowest BCUT2D eigenvalue weighted by molar-refractivity contribution is 0.621. The summed E-state index contributed by atoms with van der Waals surface area (Å²) in [7, 11) is 0. The third kappa shape index (κ3) is 4.88. The van der Waals surface area contributed by atoms with E-state index >= 15 is 0 Å². The zero-order valence-electron chi connectivity index (χ0n) is 30.2. The van der Waals surface area contributed by atoms with Gasteiger partial charge in [0.2, 0.25) is 5.89 Å². The molecule has 0 unspecified atom stereocenters. The van der Waals surface area contributed by atoms with Crippen LogP contribution in [0.3, 0.4) is 0 Å². The Balaban J connectivity index is 1.13. The van der Waals surface area contributed by atoms with Crippen molar-refractivity contribution in [1.82, 2.24) is 24.5 Å². The van der Waals surface area contributed by atoms with Crippen molar-refractivity contribution in [1.29, 1.82) is 0 Å². The Bertz CT molecular complexity index is 3030. The highest BCUT2D eigenvalue weighted by Gasteiger charge is 2.36. The van der Waals surface area contributed by atoms with E-state index in [0.29, 0.717) is 23.4 Å². The maximum atomic E-state index is 6.70. The van der Waals surface area contributed by atoms with Crippen LogP contribution in [-0.4, -0.2) is 24.5 Å². The minimum Gasteiger partial charge on any atom is -0.434 e. The van der Waals surface area contributed by atoms with Crippen LogP contribution in [0.2, 0.25) is 0 Å². The van der Waals surface area contributed by atoms with Crippen LogP contribution in [0, 0.1) is 0 Å². The second kappa shape index (κ2) is 11.9. The molecule has 7 aromatic carbocycles. The number of fused-ring (bicyclic) bond motifs is 8. The van der Waals surface area contributed by atoms with Crippen molar-refractivity contribution in [3.05, 3.63) is 175 Å². The fourth-order valence-electron chi connectivity index (χ4n) is 8.34. The summed E-state index contributed by atoms with van der Waals surface area (Å²) in [4.78, 5) is 19.8. The topological polar surface area (TPSA) is 69.6 Å². The molecule has 3 heterocycles. The van der Waals surface area contributed by atoms with Crippen molar-refractivity contribution in [2.24, 2.45) is 0 Å². The predicted octanol–water partition coefficient (Wildman–Crippen LogP) is 12.1. The van der Waals surface area contributed by atoms with Crippen molar-refractivity contribution in [3.63, 3.8) is 0 Å². The normalized spacial score (nSPS) is 13.1. The lowest BCUT2D eigenvalue weighted by Gasteiger charge is -2.21. The van der Waals surface area contributed by atoms with Crippen molar-refractivity contribution in [3.8, 4) is 62.4 Å². The van der Waals surface area contributed by atoms with Crippen LogP contribution in [0.1, 0.15) is 25.0 Å². The smallest absolute Gasteiger partial charge is 0.227 e. The van der Waals surface area contributed by atoms with Crippen LogP contribution in [0.5, 0.6) is 0 Å². The Morgan fingerprint density at radius 2 is 1.04 bits per heavy atom. The van der Waals surface area contributed by atoms with E-state index in [0.717, 1.165) is 55.5 Å². The molecular formula is C49H33N5O. The number of nitrogens with zero attached hydrogens (tertiary/aromatic N) is 5. The highest BCUT2D eigenvalue weighted by molar-refractivity contribution is 6.18. The molecule has 0 saturated carbocycles. The van der Waals surface area contributed by atoms with E-state index in [1.165, 1.54) is 27.6 Å². The van der Waals surface area contributed by atoms with E-state index in [9.17, 15) is 0 Å². The minimum absolute atomic E-state index is 0.154. The highest BCUT2D eigenvalue weighted by atomic mass is 16.3. The standard InChI is InChI=1S/C49H33N5O/c1-49(2)39-21-13-12-20-35(39)37-28-38-36-26-27-41-44(55-48(50-41)33-18-10-5-11-19-33)43(36)54(42(38)29-40(37)49)34-24-22-32(23-25-34)47-52-45(30-14-6-3-7-15-30)51-46(53-47)31-16-8-4-9-17-31/h3-29H,1-2H3. The number of aromatic nitrogens is 5. The molecule has 11 rings (SSSR count). The predicted molar refractivity (Wildman–Crippen MR) is 221 cm³/mol. The average Bonchev–Trinajstić information content (AvgIpc) is 3.90. The van der Waals surface area contributed by atoms with Crippen LogP contribution < -0.4 is 0 Å². The molecule has 0 atom stereocenters. The van der Waals surface area contributed by atoms with Gasteiger partial charge in [-0.3, -0.25) is 0 Å². The average molecular weight is 708 g/mol. The number of benzene rings is 7. The van der Waals surface area contributed by atoms with Gasteiger partial charge >= 0.3 is 0 Å². The summed E-state index contributed by atoms with van der Waals surface area (Å²) in [5.41, 5.74) is 13.5. The zero-order valence-corrected chi connectivity index (χ0v) is 30.2. The molecule has 6 heteroatoms. The summed E-state index contributed by atoms with van der Waals surface area (Å²) in [6.45, 7) is 4.66. The monoisotopic (exact) mass is 707 g/mol. The molecule has 0 aliphatic heterocycles. The Morgan fingerprint density at radius 1 is 0.473 bits per heavy atom. The maximum absolute atomic E-state index is 6.70. The first-order valence-corrected chi connectivity index (χ1v) is 18.6. The van der Waals surface area contributed by atoms with Crippen molar-refractivity contribution in [2.45, 2.75) is 19.3 Å². The first kappa shape index (κ1) is 31.4. The summed E-state index contributed by atoms with van der Waals surface area (Å²) >= 11 is 0. The van der Waals surface area contributed by atoms with E-state index in [-0.39, 0.29) is 5.41 Å². The molecule has 0 amide bonds.